The largest absolute Gasteiger partial charge is 0.340 e. The van der Waals surface area contributed by atoms with E-state index in [1.807, 2.05) is 41.4 Å². The van der Waals surface area contributed by atoms with Crippen LogP contribution in [0.5, 0.6) is 0 Å². The van der Waals surface area contributed by atoms with Gasteiger partial charge in [0.1, 0.15) is 6.04 Å². The number of aliphatic imine (C=N–C) groups is 1. The van der Waals surface area contributed by atoms with Gasteiger partial charge in [0.05, 0.1) is 11.7 Å². The molecule has 3 nitrogen and oxygen atoms in total. The summed E-state index contributed by atoms with van der Waals surface area (Å²) < 4.78 is 0. The Morgan fingerprint density at radius 3 is 2.95 bits per heavy atom. The standard InChI is InChI=1S/C15H15N3S2/c1-10-9-18-14(12-6-4-8-19-12)13(17-15(18)20-10)11-5-2-3-7-16-11/h2-8,10,13-14H,9H2,1H3/t10-,13+,14-/m0/s1. The Kier molecular flexibility index (Phi) is 3.04. The molecule has 0 saturated carbocycles. The Labute approximate surface area is 126 Å². The van der Waals surface area contributed by atoms with Crippen LogP contribution in [0.15, 0.2) is 46.9 Å². The van der Waals surface area contributed by atoms with Crippen LogP contribution in [0.25, 0.3) is 0 Å². The van der Waals surface area contributed by atoms with Crippen LogP contribution in [0.2, 0.25) is 0 Å². The molecule has 2 aliphatic rings. The maximum atomic E-state index is 4.96. The average molecular weight is 301 g/mol. The normalized spacial score (nSPS) is 28.6. The second kappa shape index (κ2) is 4.90. The molecule has 0 amide bonds. The second-order valence-corrected chi connectivity index (χ2v) is 7.54. The van der Waals surface area contributed by atoms with Crippen LogP contribution in [0, 0.1) is 0 Å². The molecule has 5 heteroatoms. The van der Waals surface area contributed by atoms with E-state index in [2.05, 4.69) is 40.4 Å². The Hall–Kier alpha value is -1.33. The molecular formula is C15H15N3S2. The van der Waals surface area contributed by atoms with E-state index in [-0.39, 0.29) is 6.04 Å². The van der Waals surface area contributed by atoms with Crippen LogP contribution < -0.4 is 0 Å². The van der Waals surface area contributed by atoms with E-state index in [1.54, 1.807) is 0 Å². The third-order valence-corrected chi connectivity index (χ3v) is 5.76. The molecule has 1 saturated heterocycles. The van der Waals surface area contributed by atoms with Crippen molar-refractivity contribution in [1.82, 2.24) is 9.88 Å². The summed E-state index contributed by atoms with van der Waals surface area (Å²) in [6, 6.07) is 10.9. The number of hydrogen-bond donors (Lipinski definition) is 0. The molecule has 0 spiro atoms. The lowest BCUT2D eigenvalue weighted by Gasteiger charge is -2.25. The molecule has 0 aromatic carbocycles. The fraction of sp³-hybridized carbons (Fsp3) is 0.333. The van der Waals surface area contributed by atoms with E-state index in [1.165, 1.54) is 10.0 Å². The molecule has 0 radical (unpaired) electrons. The maximum absolute atomic E-state index is 4.96. The number of nitrogens with zero attached hydrogens (tertiary/aromatic N) is 3. The van der Waals surface area contributed by atoms with Gasteiger partial charge in [0.25, 0.3) is 0 Å². The Bertz CT molecular complexity index is 624. The molecule has 0 bridgehead atoms. The lowest BCUT2D eigenvalue weighted by atomic mass is 10.0. The first kappa shape index (κ1) is 12.4. The summed E-state index contributed by atoms with van der Waals surface area (Å²) in [7, 11) is 0. The van der Waals surface area contributed by atoms with Gasteiger partial charge in [0.15, 0.2) is 5.17 Å². The molecular weight excluding hydrogens is 286 g/mol. The number of aromatic nitrogens is 1. The van der Waals surface area contributed by atoms with Crippen molar-refractivity contribution in [3.05, 3.63) is 52.5 Å². The summed E-state index contributed by atoms with van der Waals surface area (Å²) in [5.41, 5.74) is 1.07. The Morgan fingerprint density at radius 2 is 2.20 bits per heavy atom. The van der Waals surface area contributed by atoms with Crippen LogP contribution in [-0.2, 0) is 0 Å². The van der Waals surface area contributed by atoms with E-state index in [0.717, 1.165) is 12.2 Å². The monoisotopic (exact) mass is 301 g/mol. The Balaban J connectivity index is 1.77. The van der Waals surface area contributed by atoms with E-state index in [0.29, 0.717) is 11.3 Å². The second-order valence-electron chi connectivity index (χ2n) is 5.15. The molecule has 102 valence electrons. The minimum Gasteiger partial charge on any atom is -0.340 e. The van der Waals surface area contributed by atoms with Gasteiger partial charge >= 0.3 is 0 Å². The molecule has 2 aromatic heterocycles. The van der Waals surface area contributed by atoms with Crippen molar-refractivity contribution in [3.63, 3.8) is 0 Å². The summed E-state index contributed by atoms with van der Waals surface area (Å²) in [6.45, 7) is 3.35. The van der Waals surface area contributed by atoms with Gasteiger partial charge in [0.2, 0.25) is 0 Å². The summed E-state index contributed by atoms with van der Waals surface area (Å²) >= 11 is 3.71. The number of amidine groups is 1. The first-order chi connectivity index (χ1) is 9.83. The van der Waals surface area contributed by atoms with Gasteiger partial charge in [-0.3, -0.25) is 9.98 Å². The molecule has 1 fully saturated rings. The van der Waals surface area contributed by atoms with Crippen LogP contribution in [-0.4, -0.2) is 26.8 Å². The van der Waals surface area contributed by atoms with Crippen molar-refractivity contribution in [2.24, 2.45) is 4.99 Å². The minimum absolute atomic E-state index is 0.129. The molecule has 3 atom stereocenters. The van der Waals surface area contributed by atoms with E-state index in [9.17, 15) is 0 Å². The van der Waals surface area contributed by atoms with Gasteiger partial charge in [-0.2, -0.15) is 0 Å². The minimum atomic E-state index is 0.129. The fourth-order valence-electron chi connectivity index (χ4n) is 2.88. The number of hydrogen-bond acceptors (Lipinski definition) is 5. The molecule has 0 N–H and O–H groups in total. The van der Waals surface area contributed by atoms with Crippen molar-refractivity contribution in [1.29, 1.82) is 0 Å². The summed E-state index contributed by atoms with van der Waals surface area (Å²) in [5.74, 6) is 0. The highest BCUT2D eigenvalue weighted by atomic mass is 32.2. The third-order valence-electron chi connectivity index (χ3n) is 3.72. The van der Waals surface area contributed by atoms with E-state index < -0.39 is 0 Å². The molecule has 2 aliphatic heterocycles. The van der Waals surface area contributed by atoms with Crippen LogP contribution in [0.3, 0.4) is 0 Å². The first-order valence-electron chi connectivity index (χ1n) is 6.78. The van der Waals surface area contributed by atoms with Crippen molar-refractivity contribution in [2.75, 3.05) is 6.54 Å². The number of rotatable bonds is 2. The third kappa shape index (κ3) is 1.96. The zero-order chi connectivity index (χ0) is 13.5. The molecule has 0 aliphatic carbocycles. The van der Waals surface area contributed by atoms with Crippen molar-refractivity contribution in [3.8, 4) is 0 Å². The number of thioether (sulfide) groups is 1. The van der Waals surface area contributed by atoms with E-state index in [4.69, 9.17) is 4.99 Å². The highest BCUT2D eigenvalue weighted by molar-refractivity contribution is 8.14. The lowest BCUT2D eigenvalue weighted by Crippen LogP contribution is -2.27. The number of pyridine rings is 1. The van der Waals surface area contributed by atoms with E-state index >= 15 is 0 Å². The van der Waals surface area contributed by atoms with Crippen molar-refractivity contribution in [2.45, 2.75) is 24.3 Å². The quantitative estimate of drug-likeness (QED) is 0.846. The van der Waals surface area contributed by atoms with Gasteiger partial charge in [-0.1, -0.05) is 30.8 Å². The van der Waals surface area contributed by atoms with Crippen LogP contribution in [0.4, 0.5) is 0 Å². The molecule has 2 aromatic rings. The highest BCUT2D eigenvalue weighted by Crippen LogP contribution is 2.48. The van der Waals surface area contributed by atoms with Gasteiger partial charge in [-0.25, -0.2) is 0 Å². The van der Waals surface area contributed by atoms with Crippen LogP contribution in [0.1, 0.15) is 29.6 Å². The lowest BCUT2D eigenvalue weighted by molar-refractivity contribution is 0.326. The van der Waals surface area contributed by atoms with Crippen molar-refractivity contribution < 1.29 is 0 Å². The van der Waals surface area contributed by atoms with Gasteiger partial charge in [-0.05, 0) is 23.6 Å². The zero-order valence-corrected chi connectivity index (χ0v) is 12.8. The summed E-state index contributed by atoms with van der Waals surface area (Å²) in [6.07, 6.45) is 1.86. The fourth-order valence-corrected chi connectivity index (χ4v) is 4.84. The first-order valence-corrected chi connectivity index (χ1v) is 8.54. The molecule has 0 unspecified atom stereocenters. The van der Waals surface area contributed by atoms with Gasteiger partial charge in [0, 0.05) is 22.9 Å². The SMILES string of the molecule is C[C@H]1CN2C(=N[C@H](c3ccccn3)[C@@H]2c2cccs2)S1. The van der Waals surface area contributed by atoms with Crippen LogP contribution >= 0.6 is 23.1 Å². The number of thiophene rings is 1. The van der Waals surface area contributed by atoms with Gasteiger partial charge < -0.3 is 4.90 Å². The number of fused-ring (bicyclic) bond motifs is 1. The predicted octanol–water partition coefficient (Wildman–Crippen LogP) is 3.73. The maximum Gasteiger partial charge on any atom is 0.160 e. The summed E-state index contributed by atoms with van der Waals surface area (Å²) in [5, 5.41) is 3.96. The zero-order valence-electron chi connectivity index (χ0n) is 11.1. The molecule has 4 rings (SSSR count). The summed E-state index contributed by atoms with van der Waals surface area (Å²) in [4.78, 5) is 13.3. The topological polar surface area (TPSA) is 28.5 Å². The average Bonchev–Trinajstić information content (AvgIpc) is 3.14. The molecule has 4 heterocycles. The predicted molar refractivity (Wildman–Crippen MR) is 85.2 cm³/mol. The van der Waals surface area contributed by atoms with Gasteiger partial charge in [-0.15, -0.1) is 11.3 Å². The smallest absolute Gasteiger partial charge is 0.160 e. The van der Waals surface area contributed by atoms with Crippen molar-refractivity contribution >= 4 is 28.3 Å². The molecule has 20 heavy (non-hydrogen) atoms. The Morgan fingerprint density at radius 1 is 1.25 bits per heavy atom. The highest BCUT2D eigenvalue weighted by Gasteiger charge is 2.43.